The van der Waals surface area contributed by atoms with Gasteiger partial charge in [0.1, 0.15) is 0 Å². The first-order chi connectivity index (χ1) is 12.1. The number of aliphatic imine (C=N–C) groups is 1. The summed E-state index contributed by atoms with van der Waals surface area (Å²) in [5.41, 5.74) is 9.64. The van der Waals surface area contributed by atoms with Gasteiger partial charge in [0.2, 0.25) is 0 Å². The molecule has 0 aliphatic rings. The van der Waals surface area contributed by atoms with Crippen molar-refractivity contribution in [2.45, 2.75) is 29.3 Å². The second kappa shape index (κ2) is 8.01. The quantitative estimate of drug-likeness (QED) is 0.584. The zero-order valence-electron chi connectivity index (χ0n) is 13.6. The summed E-state index contributed by atoms with van der Waals surface area (Å²) in [4.78, 5) is 16.0. The van der Waals surface area contributed by atoms with Crippen molar-refractivity contribution in [1.82, 2.24) is 0 Å². The summed E-state index contributed by atoms with van der Waals surface area (Å²) in [6, 6.07) is 8.57. The van der Waals surface area contributed by atoms with Crippen molar-refractivity contribution in [2.24, 2.45) is 16.5 Å². The van der Waals surface area contributed by atoms with E-state index in [0.717, 1.165) is 17.8 Å². The molecule has 0 heterocycles. The second-order valence-corrected chi connectivity index (χ2v) is 6.81. The summed E-state index contributed by atoms with van der Waals surface area (Å²) < 4.78 is 40.6. The largest absolute Gasteiger partial charge is 0.417 e. The van der Waals surface area contributed by atoms with Crippen molar-refractivity contribution >= 4 is 35.2 Å². The number of halogens is 4. The highest BCUT2D eigenvalue weighted by Gasteiger charge is 2.35. The summed E-state index contributed by atoms with van der Waals surface area (Å²) >= 11 is 6.74. The molecule has 2 aromatic rings. The summed E-state index contributed by atoms with van der Waals surface area (Å²) in [7, 11) is 0. The minimum absolute atomic E-state index is 0.0158. The molecule has 0 aliphatic carbocycles. The summed E-state index contributed by atoms with van der Waals surface area (Å²) in [5.74, 6) is -1.42. The van der Waals surface area contributed by atoms with Crippen LogP contribution in [0.3, 0.4) is 0 Å². The van der Waals surface area contributed by atoms with Crippen molar-refractivity contribution in [3.05, 3.63) is 58.1 Å². The van der Waals surface area contributed by atoms with E-state index in [4.69, 9.17) is 23.1 Å². The van der Waals surface area contributed by atoms with Crippen LogP contribution in [-0.4, -0.2) is 11.9 Å². The molecular weight excluding hydrogens is 387 g/mol. The average Bonchev–Trinajstić information content (AvgIpc) is 2.54. The van der Waals surface area contributed by atoms with Gasteiger partial charge in [-0.25, -0.2) is 0 Å². The van der Waals surface area contributed by atoms with Crippen LogP contribution in [-0.2, 0) is 12.6 Å². The van der Waals surface area contributed by atoms with E-state index < -0.39 is 23.6 Å². The number of nitrogens with two attached hydrogens (primary N) is 2. The first-order valence-electron chi connectivity index (χ1n) is 7.43. The molecule has 0 fully saturated rings. The predicted octanol–water partition coefficient (Wildman–Crippen LogP) is 4.49. The molecule has 138 valence electrons. The Morgan fingerprint density at radius 2 is 1.81 bits per heavy atom. The number of aryl methyl sites for hydroxylation is 1. The van der Waals surface area contributed by atoms with E-state index >= 15 is 0 Å². The van der Waals surface area contributed by atoms with Crippen LogP contribution in [0.5, 0.6) is 0 Å². The van der Waals surface area contributed by atoms with E-state index in [1.165, 1.54) is 6.07 Å². The lowest BCUT2D eigenvalue weighted by molar-refractivity contribution is -0.139. The zero-order valence-corrected chi connectivity index (χ0v) is 15.2. The highest BCUT2D eigenvalue weighted by molar-refractivity contribution is 7.99. The fraction of sp³-hybridized carbons (Fsp3) is 0.176. The van der Waals surface area contributed by atoms with Crippen LogP contribution >= 0.6 is 23.4 Å². The molecule has 9 heteroatoms. The molecule has 0 unspecified atom stereocenters. The number of hydrogen-bond acceptors (Lipinski definition) is 2. The molecule has 1 amide bonds. The molecule has 4 nitrogen and oxygen atoms in total. The predicted molar refractivity (Wildman–Crippen MR) is 96.5 cm³/mol. The minimum Gasteiger partial charge on any atom is -0.370 e. The Bertz CT molecular complexity index is 848. The minimum atomic E-state index is -4.64. The van der Waals surface area contributed by atoms with Crippen molar-refractivity contribution in [3.8, 4) is 0 Å². The number of carbonyl (C=O) groups is 1. The Morgan fingerprint density at radius 1 is 1.19 bits per heavy atom. The first kappa shape index (κ1) is 20.1. The van der Waals surface area contributed by atoms with Crippen molar-refractivity contribution in [1.29, 1.82) is 0 Å². The van der Waals surface area contributed by atoms with Gasteiger partial charge in [-0.1, -0.05) is 30.3 Å². The lowest BCUT2D eigenvalue weighted by Crippen LogP contribution is -2.24. The molecule has 0 spiro atoms. The Labute approximate surface area is 157 Å². The molecule has 0 bridgehead atoms. The molecule has 0 saturated heterocycles. The van der Waals surface area contributed by atoms with Gasteiger partial charge in [0, 0.05) is 20.4 Å². The summed E-state index contributed by atoms with van der Waals surface area (Å²) in [6.07, 6.45) is -4.30. The van der Waals surface area contributed by atoms with E-state index in [9.17, 15) is 18.0 Å². The summed E-state index contributed by atoms with van der Waals surface area (Å²) in [6.45, 7) is 1.73. The highest BCUT2D eigenvalue weighted by Crippen LogP contribution is 2.41. The standard InChI is InChI=1S/C17H15ClF3N3OS/c1-2-9-7-14(26-11-5-3-10(18)4-6-11)13(17(19,20)21)8-12(9)15(25)24-16(22)23/h3-8H,2H2,1H3,(H4,22,23,24,25). The van der Waals surface area contributed by atoms with Crippen LogP contribution in [0.4, 0.5) is 13.2 Å². The first-order valence-corrected chi connectivity index (χ1v) is 8.62. The van der Waals surface area contributed by atoms with E-state index in [-0.39, 0.29) is 10.5 Å². The van der Waals surface area contributed by atoms with Crippen LogP contribution in [0.15, 0.2) is 51.2 Å². The molecule has 0 radical (unpaired) electrons. The maximum absolute atomic E-state index is 13.5. The number of nitrogens with zero attached hydrogens (tertiary/aromatic N) is 1. The Hall–Kier alpha value is -2.19. The molecule has 0 atom stereocenters. The molecule has 26 heavy (non-hydrogen) atoms. The van der Waals surface area contributed by atoms with Gasteiger partial charge in [0.05, 0.1) is 5.56 Å². The van der Waals surface area contributed by atoms with Gasteiger partial charge >= 0.3 is 6.18 Å². The Balaban J connectivity index is 2.58. The second-order valence-electron chi connectivity index (χ2n) is 5.25. The van der Waals surface area contributed by atoms with Gasteiger partial charge in [0.15, 0.2) is 5.96 Å². The van der Waals surface area contributed by atoms with Crippen molar-refractivity contribution in [3.63, 3.8) is 0 Å². The fourth-order valence-electron chi connectivity index (χ4n) is 2.23. The van der Waals surface area contributed by atoms with Gasteiger partial charge in [-0.3, -0.25) is 4.79 Å². The van der Waals surface area contributed by atoms with E-state index in [1.807, 2.05) is 0 Å². The monoisotopic (exact) mass is 401 g/mol. The summed E-state index contributed by atoms with van der Waals surface area (Å²) in [5, 5.41) is 0.484. The smallest absolute Gasteiger partial charge is 0.370 e. The lowest BCUT2D eigenvalue weighted by atomic mass is 10.0. The van der Waals surface area contributed by atoms with Crippen molar-refractivity contribution in [2.75, 3.05) is 0 Å². The lowest BCUT2D eigenvalue weighted by Gasteiger charge is -2.16. The topological polar surface area (TPSA) is 81.5 Å². The molecule has 2 rings (SSSR count). The van der Waals surface area contributed by atoms with Gasteiger partial charge in [-0.05, 0) is 48.4 Å². The van der Waals surface area contributed by atoms with Crippen LogP contribution < -0.4 is 11.5 Å². The van der Waals surface area contributed by atoms with Crippen LogP contribution in [0.2, 0.25) is 5.02 Å². The number of benzene rings is 2. The van der Waals surface area contributed by atoms with Crippen LogP contribution in [0, 0.1) is 0 Å². The maximum Gasteiger partial charge on any atom is 0.417 e. The van der Waals surface area contributed by atoms with Gasteiger partial charge < -0.3 is 11.5 Å². The molecule has 0 aromatic heterocycles. The normalized spacial score (nSPS) is 11.3. The number of guanidine groups is 1. The zero-order chi connectivity index (χ0) is 19.5. The number of alkyl halides is 3. The van der Waals surface area contributed by atoms with Crippen molar-refractivity contribution < 1.29 is 18.0 Å². The van der Waals surface area contributed by atoms with Crippen LogP contribution in [0.1, 0.15) is 28.4 Å². The van der Waals surface area contributed by atoms with Gasteiger partial charge in [0.25, 0.3) is 5.91 Å². The maximum atomic E-state index is 13.5. The molecule has 0 saturated carbocycles. The Morgan fingerprint density at radius 3 is 2.31 bits per heavy atom. The average molecular weight is 402 g/mol. The van der Waals surface area contributed by atoms with E-state index in [0.29, 0.717) is 21.9 Å². The number of amides is 1. The highest BCUT2D eigenvalue weighted by atomic mass is 35.5. The molecule has 0 aliphatic heterocycles. The van der Waals surface area contributed by atoms with Crippen LogP contribution in [0.25, 0.3) is 0 Å². The number of carbonyl (C=O) groups excluding carboxylic acids is 1. The van der Waals surface area contributed by atoms with E-state index in [1.54, 1.807) is 31.2 Å². The molecular formula is C17H15ClF3N3OS. The van der Waals surface area contributed by atoms with E-state index in [2.05, 4.69) is 4.99 Å². The third-order valence-corrected chi connectivity index (χ3v) is 4.71. The molecule has 2 aromatic carbocycles. The fourth-order valence-corrected chi connectivity index (χ4v) is 3.36. The number of hydrogen-bond donors (Lipinski definition) is 2. The third-order valence-electron chi connectivity index (χ3n) is 3.39. The SMILES string of the molecule is CCc1cc(Sc2ccc(Cl)cc2)c(C(F)(F)F)cc1C(=O)N=C(N)N. The van der Waals surface area contributed by atoms with Gasteiger partial charge in [-0.15, -0.1) is 0 Å². The number of rotatable bonds is 4. The Kier molecular flexibility index (Phi) is 6.20. The third kappa shape index (κ3) is 4.92. The molecule has 4 N–H and O–H groups in total. The van der Waals surface area contributed by atoms with Gasteiger partial charge in [-0.2, -0.15) is 18.2 Å².